The van der Waals surface area contributed by atoms with Gasteiger partial charge in [-0.05, 0) is 23.3 Å². The van der Waals surface area contributed by atoms with Crippen molar-refractivity contribution in [2.45, 2.75) is 19.5 Å². The van der Waals surface area contributed by atoms with Crippen molar-refractivity contribution in [1.82, 2.24) is 14.7 Å². The summed E-state index contributed by atoms with van der Waals surface area (Å²) in [6, 6.07) is 14.2. The maximum atomic E-state index is 13.8. The Kier molecular flexibility index (Phi) is 6.15. The van der Waals surface area contributed by atoms with Crippen LogP contribution >= 0.6 is 0 Å². The number of hydrogen-bond acceptors (Lipinski definition) is 7. The number of ether oxygens (including phenoxy) is 3. The molecule has 0 bridgehead atoms. The number of fused-ring (bicyclic) bond motifs is 2. The van der Waals surface area contributed by atoms with E-state index in [1.807, 2.05) is 18.2 Å². The minimum Gasteiger partial charge on any atom is -0.493 e. The first-order chi connectivity index (χ1) is 16.6. The lowest BCUT2D eigenvalue weighted by molar-refractivity contribution is -0.125. The Morgan fingerprint density at radius 3 is 2.32 bits per heavy atom. The van der Waals surface area contributed by atoms with E-state index in [9.17, 15) is 4.79 Å². The average Bonchev–Trinajstić information content (AvgIpc) is 3.36. The van der Waals surface area contributed by atoms with Crippen LogP contribution in [-0.4, -0.2) is 74.1 Å². The van der Waals surface area contributed by atoms with Crippen LogP contribution in [-0.2, 0) is 17.9 Å². The fourth-order valence-corrected chi connectivity index (χ4v) is 5.00. The van der Waals surface area contributed by atoms with Crippen molar-refractivity contribution in [2.24, 2.45) is 4.99 Å². The second kappa shape index (κ2) is 9.38. The number of aliphatic imine (C=N–C) groups is 1. The van der Waals surface area contributed by atoms with E-state index in [2.05, 4.69) is 34.1 Å². The lowest BCUT2D eigenvalue weighted by Gasteiger charge is -2.42. The van der Waals surface area contributed by atoms with E-state index in [4.69, 9.17) is 19.2 Å². The number of methoxy groups -OCH3 is 3. The zero-order chi connectivity index (χ0) is 23.7. The molecule has 3 aliphatic heterocycles. The van der Waals surface area contributed by atoms with Crippen LogP contribution in [0.5, 0.6) is 17.2 Å². The number of nitrogens with zero attached hydrogens (tertiary/aromatic N) is 4. The van der Waals surface area contributed by atoms with E-state index in [1.165, 1.54) is 5.56 Å². The van der Waals surface area contributed by atoms with Gasteiger partial charge in [0, 0.05) is 38.3 Å². The normalized spacial score (nSPS) is 18.0. The lowest BCUT2D eigenvalue weighted by Crippen LogP contribution is -2.53. The summed E-state index contributed by atoms with van der Waals surface area (Å²) < 4.78 is 16.5. The first-order valence-corrected chi connectivity index (χ1v) is 11.5. The summed E-state index contributed by atoms with van der Waals surface area (Å²) in [4.78, 5) is 24.8. The van der Waals surface area contributed by atoms with Crippen LogP contribution in [0.1, 0.15) is 17.5 Å². The van der Waals surface area contributed by atoms with Crippen molar-refractivity contribution < 1.29 is 19.0 Å². The van der Waals surface area contributed by atoms with Crippen molar-refractivity contribution in [3.63, 3.8) is 0 Å². The number of guanidine groups is 1. The molecule has 0 aliphatic carbocycles. The van der Waals surface area contributed by atoms with E-state index in [-0.39, 0.29) is 5.91 Å². The molecule has 0 spiro atoms. The molecule has 1 amide bonds. The van der Waals surface area contributed by atoms with Crippen LogP contribution in [0.4, 0.5) is 0 Å². The summed E-state index contributed by atoms with van der Waals surface area (Å²) in [5.74, 6) is 2.44. The predicted octanol–water partition coefficient (Wildman–Crippen LogP) is 2.89. The minimum atomic E-state index is 0.0263. The highest BCUT2D eigenvalue weighted by Crippen LogP contribution is 2.39. The Bertz CT molecular complexity index is 1120. The third kappa shape index (κ3) is 3.98. The summed E-state index contributed by atoms with van der Waals surface area (Å²) in [6.07, 6.45) is 0.852. The van der Waals surface area contributed by atoms with Gasteiger partial charge in [0.2, 0.25) is 11.7 Å². The Labute approximate surface area is 200 Å². The molecule has 178 valence electrons. The molecular formula is C26H30N4O4. The summed E-state index contributed by atoms with van der Waals surface area (Å²) in [5, 5.41) is 0. The molecule has 8 heteroatoms. The third-order valence-electron chi connectivity index (χ3n) is 6.60. The molecule has 2 aromatic carbocycles. The molecule has 5 rings (SSSR count). The second-order valence-corrected chi connectivity index (χ2v) is 8.63. The van der Waals surface area contributed by atoms with Crippen LogP contribution in [0.3, 0.4) is 0 Å². The highest BCUT2D eigenvalue weighted by atomic mass is 16.5. The summed E-state index contributed by atoms with van der Waals surface area (Å²) in [7, 11) is 4.77. The largest absolute Gasteiger partial charge is 0.493 e. The predicted molar refractivity (Wildman–Crippen MR) is 129 cm³/mol. The van der Waals surface area contributed by atoms with Gasteiger partial charge >= 0.3 is 0 Å². The number of amides is 1. The molecule has 8 nitrogen and oxygen atoms in total. The van der Waals surface area contributed by atoms with Gasteiger partial charge in [-0.3, -0.25) is 19.6 Å². The molecule has 0 unspecified atom stereocenters. The van der Waals surface area contributed by atoms with Crippen LogP contribution in [0, 0.1) is 0 Å². The SMILES string of the molecule is COc1cc(CN2C(=O)C3=C(CCN(Cc4ccccc4)C3)N3CCN=C23)cc(OC)c1OC. The van der Waals surface area contributed by atoms with Crippen molar-refractivity contribution in [3.05, 3.63) is 64.9 Å². The molecule has 0 saturated carbocycles. The van der Waals surface area contributed by atoms with Gasteiger partial charge in [-0.25, -0.2) is 0 Å². The standard InChI is InChI=1S/C26H30N4O4/c1-32-22-13-19(14-23(33-2)24(22)34-3)16-30-25(31)20-17-28(15-18-7-5-4-6-8-18)11-9-21(20)29-12-10-27-26(29)30/h4-8,13-14H,9-12,15-17H2,1-3H3. The summed E-state index contributed by atoms with van der Waals surface area (Å²) in [6.45, 7) is 4.28. The fraction of sp³-hybridized carbons (Fsp3) is 0.385. The first kappa shape index (κ1) is 22.3. The van der Waals surface area contributed by atoms with Gasteiger partial charge < -0.3 is 19.1 Å². The zero-order valence-corrected chi connectivity index (χ0v) is 19.9. The molecule has 0 atom stereocenters. The molecular weight excluding hydrogens is 432 g/mol. The number of carbonyl (C=O) groups excluding carboxylic acids is 1. The Hall–Kier alpha value is -3.52. The molecule has 0 N–H and O–H groups in total. The van der Waals surface area contributed by atoms with E-state index >= 15 is 0 Å². The molecule has 0 saturated heterocycles. The highest BCUT2D eigenvalue weighted by Gasteiger charge is 2.41. The van der Waals surface area contributed by atoms with E-state index in [1.54, 1.807) is 26.2 Å². The topological polar surface area (TPSA) is 66.8 Å². The average molecular weight is 463 g/mol. The Morgan fingerprint density at radius 1 is 0.912 bits per heavy atom. The molecule has 3 aliphatic rings. The minimum absolute atomic E-state index is 0.0263. The van der Waals surface area contributed by atoms with Crippen molar-refractivity contribution in [2.75, 3.05) is 47.5 Å². The fourth-order valence-electron chi connectivity index (χ4n) is 5.00. The second-order valence-electron chi connectivity index (χ2n) is 8.63. The van der Waals surface area contributed by atoms with Gasteiger partial charge in [-0.1, -0.05) is 30.3 Å². The number of hydrogen-bond donors (Lipinski definition) is 0. The van der Waals surface area contributed by atoms with Crippen molar-refractivity contribution >= 4 is 11.9 Å². The first-order valence-electron chi connectivity index (χ1n) is 11.5. The van der Waals surface area contributed by atoms with Gasteiger partial charge in [0.1, 0.15) is 0 Å². The molecule has 3 heterocycles. The quantitative estimate of drug-likeness (QED) is 0.631. The van der Waals surface area contributed by atoms with Crippen molar-refractivity contribution in [3.8, 4) is 17.2 Å². The van der Waals surface area contributed by atoms with Crippen LogP contribution in [0.25, 0.3) is 0 Å². The molecule has 2 aromatic rings. The smallest absolute Gasteiger partial charge is 0.259 e. The van der Waals surface area contributed by atoms with Gasteiger partial charge in [0.05, 0.1) is 40.0 Å². The summed E-state index contributed by atoms with van der Waals surface area (Å²) in [5.41, 5.74) is 4.15. The van der Waals surface area contributed by atoms with E-state index in [0.29, 0.717) is 36.9 Å². The maximum Gasteiger partial charge on any atom is 0.259 e. The third-order valence-corrected chi connectivity index (χ3v) is 6.60. The van der Waals surface area contributed by atoms with Gasteiger partial charge in [0.15, 0.2) is 11.5 Å². The van der Waals surface area contributed by atoms with Gasteiger partial charge in [0.25, 0.3) is 5.91 Å². The van der Waals surface area contributed by atoms with E-state index < -0.39 is 0 Å². The maximum absolute atomic E-state index is 13.8. The molecule has 0 radical (unpaired) electrons. The van der Waals surface area contributed by atoms with Gasteiger partial charge in [-0.2, -0.15) is 0 Å². The number of carbonyl (C=O) groups is 1. The molecule has 0 fully saturated rings. The van der Waals surface area contributed by atoms with Crippen LogP contribution in [0.15, 0.2) is 58.7 Å². The zero-order valence-electron chi connectivity index (χ0n) is 19.9. The Balaban J connectivity index is 1.43. The van der Waals surface area contributed by atoms with E-state index in [0.717, 1.165) is 48.8 Å². The molecule has 0 aromatic heterocycles. The van der Waals surface area contributed by atoms with Crippen LogP contribution in [0.2, 0.25) is 0 Å². The Morgan fingerprint density at radius 2 is 1.65 bits per heavy atom. The number of rotatable bonds is 7. The summed E-state index contributed by atoms with van der Waals surface area (Å²) >= 11 is 0. The van der Waals surface area contributed by atoms with Gasteiger partial charge in [-0.15, -0.1) is 0 Å². The van der Waals surface area contributed by atoms with Crippen LogP contribution < -0.4 is 14.2 Å². The highest BCUT2D eigenvalue weighted by molar-refractivity contribution is 6.09. The molecule has 34 heavy (non-hydrogen) atoms. The lowest BCUT2D eigenvalue weighted by atomic mass is 10.00. The van der Waals surface area contributed by atoms with Crippen molar-refractivity contribution in [1.29, 1.82) is 0 Å². The monoisotopic (exact) mass is 462 g/mol. The number of benzene rings is 2.